The summed E-state index contributed by atoms with van der Waals surface area (Å²) in [5.41, 5.74) is 1.23. The number of nitrogens with zero attached hydrogens (tertiary/aromatic N) is 3. The van der Waals surface area contributed by atoms with E-state index >= 15 is 0 Å². The minimum Gasteiger partial charge on any atom is -0.494 e. The Morgan fingerprint density at radius 3 is 2.77 bits per heavy atom. The molecule has 0 saturated carbocycles. The number of thiazole rings is 1. The Kier molecular flexibility index (Phi) is 7.30. The number of hydrogen-bond acceptors (Lipinski definition) is 6. The molecule has 2 heterocycles. The van der Waals surface area contributed by atoms with Gasteiger partial charge in [0.1, 0.15) is 5.75 Å². The number of hydrogen-bond donors (Lipinski definition) is 0. The SMILES string of the molecule is CCOc1ccc2nc(N(CCN3CCOCC3)C(=O)c3ccc(Cl)cc3Cl)sc2c1. The monoisotopic (exact) mass is 479 g/mol. The molecule has 1 amide bonds. The van der Waals surface area contributed by atoms with Crippen molar-refractivity contribution >= 4 is 55.8 Å². The zero-order chi connectivity index (χ0) is 21.8. The molecule has 0 N–H and O–H groups in total. The minimum atomic E-state index is -0.195. The predicted molar refractivity (Wildman–Crippen MR) is 126 cm³/mol. The lowest BCUT2D eigenvalue weighted by Gasteiger charge is -2.29. The average Bonchev–Trinajstić information content (AvgIpc) is 3.18. The van der Waals surface area contributed by atoms with Crippen LogP contribution < -0.4 is 9.64 Å². The average molecular weight is 480 g/mol. The molecule has 1 aliphatic rings. The molecule has 0 spiro atoms. The molecule has 1 aromatic heterocycles. The van der Waals surface area contributed by atoms with Crippen molar-refractivity contribution in [3.63, 3.8) is 0 Å². The van der Waals surface area contributed by atoms with Crippen molar-refractivity contribution in [2.75, 3.05) is 50.9 Å². The van der Waals surface area contributed by atoms with E-state index in [1.165, 1.54) is 11.3 Å². The molecule has 0 unspecified atom stereocenters. The molecule has 3 aromatic rings. The summed E-state index contributed by atoms with van der Waals surface area (Å²) in [7, 11) is 0. The zero-order valence-electron chi connectivity index (χ0n) is 17.1. The minimum absolute atomic E-state index is 0.195. The first-order chi connectivity index (χ1) is 15.0. The number of rotatable bonds is 7. The standard InChI is InChI=1S/C22H23Cl2N3O3S/c1-2-30-16-4-6-19-20(14-16)31-22(25-19)27(8-7-26-9-11-29-12-10-26)21(28)17-5-3-15(23)13-18(17)24/h3-6,13-14H,2,7-12H2,1H3. The summed E-state index contributed by atoms with van der Waals surface area (Å²) < 4.78 is 12.0. The number of amides is 1. The van der Waals surface area contributed by atoms with Gasteiger partial charge in [-0.3, -0.25) is 14.6 Å². The topological polar surface area (TPSA) is 54.9 Å². The number of ether oxygens (including phenoxy) is 2. The van der Waals surface area contributed by atoms with Gasteiger partial charge in [-0.15, -0.1) is 0 Å². The summed E-state index contributed by atoms with van der Waals surface area (Å²) in [6.45, 7) is 6.87. The van der Waals surface area contributed by atoms with E-state index in [1.807, 2.05) is 25.1 Å². The summed E-state index contributed by atoms with van der Waals surface area (Å²) in [5, 5.41) is 1.45. The Morgan fingerprint density at radius 1 is 1.23 bits per heavy atom. The Morgan fingerprint density at radius 2 is 2.03 bits per heavy atom. The Bertz CT molecular complexity index is 1070. The van der Waals surface area contributed by atoms with E-state index < -0.39 is 0 Å². The number of aromatic nitrogens is 1. The predicted octanol–water partition coefficient (Wildman–Crippen LogP) is 4.98. The molecule has 9 heteroatoms. The fraction of sp³-hybridized carbons (Fsp3) is 0.364. The lowest BCUT2D eigenvalue weighted by Crippen LogP contribution is -2.43. The third-order valence-electron chi connectivity index (χ3n) is 5.04. The van der Waals surface area contributed by atoms with Crippen LogP contribution in [-0.4, -0.2) is 61.8 Å². The highest BCUT2D eigenvalue weighted by molar-refractivity contribution is 7.22. The van der Waals surface area contributed by atoms with Crippen LogP contribution in [0.25, 0.3) is 10.2 Å². The van der Waals surface area contributed by atoms with Crippen LogP contribution in [0.2, 0.25) is 10.0 Å². The second-order valence-corrected chi connectivity index (χ2v) is 8.95. The zero-order valence-corrected chi connectivity index (χ0v) is 19.5. The van der Waals surface area contributed by atoms with Crippen LogP contribution in [0.1, 0.15) is 17.3 Å². The fourth-order valence-corrected chi connectivity index (χ4v) is 4.93. The largest absolute Gasteiger partial charge is 0.494 e. The molecule has 6 nitrogen and oxygen atoms in total. The molecule has 1 aliphatic heterocycles. The summed E-state index contributed by atoms with van der Waals surface area (Å²) >= 11 is 13.8. The Hall–Kier alpha value is -1.90. The molecule has 1 fully saturated rings. The van der Waals surface area contributed by atoms with Gasteiger partial charge in [0.2, 0.25) is 0 Å². The molecule has 4 rings (SSSR count). The smallest absolute Gasteiger partial charge is 0.261 e. The number of carbonyl (C=O) groups is 1. The summed E-state index contributed by atoms with van der Waals surface area (Å²) in [6.07, 6.45) is 0. The van der Waals surface area contributed by atoms with Crippen LogP contribution in [-0.2, 0) is 4.74 Å². The van der Waals surface area contributed by atoms with Crippen LogP contribution in [0.4, 0.5) is 5.13 Å². The van der Waals surface area contributed by atoms with Crippen molar-refractivity contribution in [2.24, 2.45) is 0 Å². The number of fused-ring (bicyclic) bond motifs is 1. The molecule has 31 heavy (non-hydrogen) atoms. The van der Waals surface area contributed by atoms with Crippen molar-refractivity contribution in [1.82, 2.24) is 9.88 Å². The normalized spacial score (nSPS) is 14.7. The van der Waals surface area contributed by atoms with Gasteiger partial charge >= 0.3 is 0 Å². The lowest BCUT2D eigenvalue weighted by molar-refractivity contribution is 0.0391. The maximum absolute atomic E-state index is 13.5. The maximum atomic E-state index is 13.5. The van der Waals surface area contributed by atoms with Crippen LogP contribution in [0, 0.1) is 0 Å². The van der Waals surface area contributed by atoms with Crippen LogP contribution in [0.15, 0.2) is 36.4 Å². The van der Waals surface area contributed by atoms with Crippen LogP contribution in [0.3, 0.4) is 0 Å². The van der Waals surface area contributed by atoms with Gasteiger partial charge in [0, 0.05) is 31.2 Å². The van der Waals surface area contributed by atoms with Gasteiger partial charge in [-0.05, 0) is 43.3 Å². The number of carbonyl (C=O) groups excluding carboxylic acids is 1. The van der Waals surface area contributed by atoms with E-state index in [9.17, 15) is 4.79 Å². The Balaban J connectivity index is 1.65. The van der Waals surface area contributed by atoms with E-state index in [0.717, 1.165) is 35.6 Å². The van der Waals surface area contributed by atoms with E-state index in [0.29, 0.717) is 47.1 Å². The quantitative estimate of drug-likeness (QED) is 0.478. The first kappa shape index (κ1) is 22.3. The van der Waals surface area contributed by atoms with Crippen LogP contribution >= 0.6 is 34.5 Å². The molecular weight excluding hydrogens is 457 g/mol. The maximum Gasteiger partial charge on any atom is 0.261 e. The lowest BCUT2D eigenvalue weighted by atomic mass is 10.2. The first-order valence-corrected chi connectivity index (χ1v) is 11.7. The van der Waals surface area contributed by atoms with Crippen molar-refractivity contribution in [2.45, 2.75) is 6.92 Å². The molecule has 164 valence electrons. The van der Waals surface area contributed by atoms with Crippen molar-refractivity contribution in [3.8, 4) is 5.75 Å². The molecule has 0 radical (unpaired) electrons. The molecule has 0 aliphatic carbocycles. The van der Waals surface area contributed by atoms with Gasteiger partial charge < -0.3 is 9.47 Å². The van der Waals surface area contributed by atoms with Crippen molar-refractivity contribution in [1.29, 1.82) is 0 Å². The fourth-order valence-electron chi connectivity index (χ4n) is 3.42. The number of benzene rings is 2. The van der Waals surface area contributed by atoms with Gasteiger partial charge in [-0.2, -0.15) is 0 Å². The van der Waals surface area contributed by atoms with Crippen LogP contribution in [0.5, 0.6) is 5.75 Å². The number of morpholine rings is 1. The van der Waals surface area contributed by atoms with E-state index in [-0.39, 0.29) is 5.91 Å². The molecule has 0 bridgehead atoms. The molecular formula is C22H23Cl2N3O3S. The summed E-state index contributed by atoms with van der Waals surface area (Å²) in [6, 6.07) is 10.7. The van der Waals surface area contributed by atoms with Crippen molar-refractivity contribution < 1.29 is 14.3 Å². The van der Waals surface area contributed by atoms with Crippen molar-refractivity contribution in [3.05, 3.63) is 52.0 Å². The summed E-state index contributed by atoms with van der Waals surface area (Å²) in [5.74, 6) is 0.594. The second kappa shape index (κ2) is 10.1. The first-order valence-electron chi connectivity index (χ1n) is 10.2. The molecule has 0 atom stereocenters. The third kappa shape index (κ3) is 5.30. The third-order valence-corrected chi connectivity index (χ3v) is 6.63. The summed E-state index contributed by atoms with van der Waals surface area (Å²) in [4.78, 5) is 22.2. The highest BCUT2D eigenvalue weighted by atomic mass is 35.5. The molecule has 1 saturated heterocycles. The van der Waals surface area contributed by atoms with Gasteiger partial charge in [0.05, 0.1) is 40.6 Å². The van der Waals surface area contributed by atoms with Gasteiger partial charge in [0.25, 0.3) is 5.91 Å². The van der Waals surface area contributed by atoms with E-state index in [1.54, 1.807) is 23.1 Å². The Labute approximate surface area is 195 Å². The highest BCUT2D eigenvalue weighted by Crippen LogP contribution is 2.33. The van der Waals surface area contributed by atoms with Gasteiger partial charge in [-0.1, -0.05) is 34.5 Å². The van der Waals surface area contributed by atoms with E-state index in [4.69, 9.17) is 37.7 Å². The van der Waals surface area contributed by atoms with Gasteiger partial charge in [-0.25, -0.2) is 4.98 Å². The number of halogens is 2. The highest BCUT2D eigenvalue weighted by Gasteiger charge is 2.24. The molecule has 2 aromatic carbocycles. The number of anilines is 1. The van der Waals surface area contributed by atoms with Gasteiger partial charge in [0.15, 0.2) is 5.13 Å². The van der Waals surface area contributed by atoms with E-state index in [2.05, 4.69) is 4.90 Å². The second-order valence-electron chi connectivity index (χ2n) is 7.09.